The SMILES string of the molecule is CC1(C)c2ccccc2-c2cccc(-c3nc(-c4ccccc4)nc(-c4cc(-c5nc(-c6ccccc6)nc(-c6cccc7ccccc67)n5)ccc4-n4c5ccccc5c5ccccc54)n3)c21. The first-order valence-electron chi connectivity index (χ1n) is 23.0. The molecule has 12 aromatic rings. The highest BCUT2D eigenvalue weighted by Gasteiger charge is 2.38. The van der Waals surface area contributed by atoms with Gasteiger partial charge in [0, 0.05) is 49.6 Å². The van der Waals surface area contributed by atoms with E-state index in [0.717, 1.165) is 71.6 Å². The molecule has 0 radical (unpaired) electrons. The van der Waals surface area contributed by atoms with Crippen LogP contribution in [0.15, 0.2) is 212 Å². The molecule has 0 unspecified atom stereocenters. The monoisotopic (exact) mass is 871 g/mol. The molecular weight excluding hydrogens is 831 g/mol. The molecule has 3 heterocycles. The first-order valence-corrected chi connectivity index (χ1v) is 23.0. The van der Waals surface area contributed by atoms with Crippen molar-refractivity contribution < 1.29 is 0 Å². The average molecular weight is 872 g/mol. The molecule has 0 saturated heterocycles. The molecule has 0 atom stereocenters. The molecule has 68 heavy (non-hydrogen) atoms. The molecule has 0 bridgehead atoms. The number of hydrogen-bond acceptors (Lipinski definition) is 6. The Morgan fingerprint density at radius 3 is 1.47 bits per heavy atom. The van der Waals surface area contributed by atoms with Gasteiger partial charge >= 0.3 is 0 Å². The van der Waals surface area contributed by atoms with Gasteiger partial charge in [-0.1, -0.05) is 196 Å². The van der Waals surface area contributed by atoms with E-state index in [1.165, 1.54) is 22.3 Å². The van der Waals surface area contributed by atoms with E-state index in [-0.39, 0.29) is 5.41 Å². The number of benzene rings is 9. The zero-order valence-corrected chi connectivity index (χ0v) is 37.3. The first-order chi connectivity index (χ1) is 33.5. The molecular formula is C61H41N7. The van der Waals surface area contributed by atoms with Crippen LogP contribution in [0, 0.1) is 0 Å². The molecule has 0 saturated carbocycles. The van der Waals surface area contributed by atoms with Crippen LogP contribution < -0.4 is 0 Å². The lowest BCUT2D eigenvalue weighted by molar-refractivity contribution is 0.661. The third-order valence-corrected chi connectivity index (χ3v) is 13.5. The number of fused-ring (bicyclic) bond motifs is 7. The van der Waals surface area contributed by atoms with Crippen molar-refractivity contribution in [1.29, 1.82) is 0 Å². The smallest absolute Gasteiger partial charge is 0.166 e. The van der Waals surface area contributed by atoms with Crippen LogP contribution in [-0.2, 0) is 5.41 Å². The van der Waals surface area contributed by atoms with Crippen molar-refractivity contribution in [2.24, 2.45) is 0 Å². The fourth-order valence-electron chi connectivity index (χ4n) is 10.4. The second-order valence-corrected chi connectivity index (χ2v) is 17.9. The summed E-state index contributed by atoms with van der Waals surface area (Å²) in [6.45, 7) is 4.60. The molecule has 320 valence electrons. The minimum atomic E-state index is -0.298. The zero-order valence-electron chi connectivity index (χ0n) is 37.3. The molecule has 9 aromatic carbocycles. The Balaban J connectivity index is 1.10. The second-order valence-electron chi connectivity index (χ2n) is 17.9. The fourth-order valence-corrected chi connectivity index (χ4v) is 10.4. The predicted molar refractivity (Wildman–Crippen MR) is 275 cm³/mol. The number of rotatable bonds is 7. The first kappa shape index (κ1) is 39.4. The van der Waals surface area contributed by atoms with E-state index in [0.29, 0.717) is 34.9 Å². The maximum absolute atomic E-state index is 5.55. The van der Waals surface area contributed by atoms with Crippen LogP contribution in [0.2, 0.25) is 0 Å². The Morgan fingerprint density at radius 2 is 0.779 bits per heavy atom. The van der Waals surface area contributed by atoms with Crippen LogP contribution >= 0.6 is 0 Å². The van der Waals surface area contributed by atoms with Crippen LogP contribution in [0.3, 0.4) is 0 Å². The van der Waals surface area contributed by atoms with Crippen molar-refractivity contribution in [3.63, 3.8) is 0 Å². The van der Waals surface area contributed by atoms with E-state index < -0.39 is 0 Å². The molecule has 0 amide bonds. The van der Waals surface area contributed by atoms with Gasteiger partial charge in [-0.05, 0) is 63.4 Å². The van der Waals surface area contributed by atoms with Crippen LogP contribution in [0.1, 0.15) is 25.0 Å². The zero-order chi connectivity index (χ0) is 45.3. The van der Waals surface area contributed by atoms with Gasteiger partial charge in [0.2, 0.25) is 0 Å². The summed E-state index contributed by atoms with van der Waals surface area (Å²) in [7, 11) is 0. The molecule has 7 heteroatoms. The molecule has 7 nitrogen and oxygen atoms in total. The lowest BCUT2D eigenvalue weighted by Gasteiger charge is -2.24. The largest absolute Gasteiger partial charge is 0.309 e. The standard InChI is InChI=1S/C61H41N7/c1-61(2)50-32-14-11-26-43(50)46-29-18-31-48(54(46)61)59-64-56(40-22-7-4-8-23-40)65-60(67-59)49-37-41(35-36-53(49)68-51-33-15-12-27-44(51)45-28-13-16-34-52(45)68)57-62-55(39-20-5-3-6-21-39)63-58(66-57)47-30-17-24-38-19-9-10-25-42(38)47/h3-37H,1-2H3. The maximum atomic E-state index is 5.55. The summed E-state index contributed by atoms with van der Waals surface area (Å²) in [6.07, 6.45) is 0. The van der Waals surface area contributed by atoms with Crippen LogP contribution in [0.4, 0.5) is 0 Å². The molecule has 0 aliphatic heterocycles. The van der Waals surface area contributed by atoms with E-state index in [1.54, 1.807) is 0 Å². The van der Waals surface area contributed by atoms with E-state index in [9.17, 15) is 0 Å². The molecule has 0 spiro atoms. The summed E-state index contributed by atoms with van der Waals surface area (Å²) in [5, 5.41) is 4.50. The van der Waals surface area contributed by atoms with Gasteiger partial charge in [0.05, 0.1) is 16.7 Å². The quantitative estimate of drug-likeness (QED) is 0.159. The average Bonchev–Trinajstić information content (AvgIpc) is 3.86. The van der Waals surface area contributed by atoms with Gasteiger partial charge in [0.1, 0.15) is 0 Å². The molecule has 1 aliphatic carbocycles. The summed E-state index contributed by atoms with van der Waals surface area (Å²) in [4.78, 5) is 32.0. The number of nitrogens with zero attached hydrogens (tertiary/aromatic N) is 7. The maximum Gasteiger partial charge on any atom is 0.166 e. The minimum absolute atomic E-state index is 0.298. The lowest BCUT2D eigenvalue weighted by atomic mass is 9.80. The third kappa shape index (κ3) is 6.35. The molecule has 1 aliphatic rings. The summed E-state index contributed by atoms with van der Waals surface area (Å²) in [6, 6.07) is 73.8. The Morgan fingerprint density at radius 1 is 0.324 bits per heavy atom. The molecule has 0 fully saturated rings. The highest BCUT2D eigenvalue weighted by Crippen LogP contribution is 2.52. The Labute approximate surface area is 393 Å². The van der Waals surface area contributed by atoms with Gasteiger partial charge in [0.15, 0.2) is 34.9 Å². The van der Waals surface area contributed by atoms with Gasteiger partial charge in [0.25, 0.3) is 0 Å². The Kier molecular flexibility index (Phi) is 9.05. The van der Waals surface area contributed by atoms with E-state index >= 15 is 0 Å². The molecule has 0 N–H and O–H groups in total. The van der Waals surface area contributed by atoms with E-state index in [4.69, 9.17) is 29.9 Å². The number of aromatic nitrogens is 7. The highest BCUT2D eigenvalue weighted by molar-refractivity contribution is 6.10. The van der Waals surface area contributed by atoms with Crippen LogP contribution in [-0.4, -0.2) is 34.5 Å². The van der Waals surface area contributed by atoms with Crippen molar-refractivity contribution in [1.82, 2.24) is 34.5 Å². The summed E-state index contributed by atoms with van der Waals surface area (Å²) in [5.41, 5.74) is 13.0. The van der Waals surface area contributed by atoms with Crippen molar-refractivity contribution in [3.8, 4) is 85.1 Å². The highest BCUT2D eigenvalue weighted by atomic mass is 15.1. The van der Waals surface area contributed by atoms with E-state index in [1.807, 2.05) is 48.5 Å². The minimum Gasteiger partial charge on any atom is -0.309 e. The van der Waals surface area contributed by atoms with Gasteiger partial charge < -0.3 is 4.57 Å². The molecule has 3 aromatic heterocycles. The number of hydrogen-bond donors (Lipinski definition) is 0. The Hall–Kier alpha value is -8.94. The fraction of sp³-hybridized carbons (Fsp3) is 0.0492. The summed E-state index contributed by atoms with van der Waals surface area (Å²) in [5.74, 6) is 3.44. The van der Waals surface area contributed by atoms with Crippen LogP contribution in [0.5, 0.6) is 0 Å². The van der Waals surface area contributed by atoms with Crippen molar-refractivity contribution in [2.45, 2.75) is 19.3 Å². The van der Waals surface area contributed by atoms with Crippen molar-refractivity contribution >= 4 is 32.6 Å². The van der Waals surface area contributed by atoms with Gasteiger partial charge in [-0.3, -0.25) is 0 Å². The third-order valence-electron chi connectivity index (χ3n) is 13.5. The van der Waals surface area contributed by atoms with Crippen molar-refractivity contribution in [2.75, 3.05) is 0 Å². The summed E-state index contributed by atoms with van der Waals surface area (Å²) < 4.78 is 2.33. The predicted octanol–water partition coefficient (Wildman–Crippen LogP) is 14.6. The van der Waals surface area contributed by atoms with Crippen LogP contribution in [0.25, 0.3) is 118 Å². The Bertz CT molecular complexity index is 3890. The van der Waals surface area contributed by atoms with Gasteiger partial charge in [-0.2, -0.15) is 0 Å². The lowest BCUT2D eigenvalue weighted by Crippen LogP contribution is -2.17. The number of para-hydroxylation sites is 2. The topological polar surface area (TPSA) is 82.3 Å². The summed E-state index contributed by atoms with van der Waals surface area (Å²) >= 11 is 0. The normalized spacial score (nSPS) is 12.7. The van der Waals surface area contributed by atoms with Gasteiger partial charge in [-0.25, -0.2) is 29.9 Å². The van der Waals surface area contributed by atoms with E-state index in [2.05, 4.69) is 182 Å². The van der Waals surface area contributed by atoms with Crippen molar-refractivity contribution in [3.05, 3.63) is 223 Å². The van der Waals surface area contributed by atoms with Gasteiger partial charge in [-0.15, -0.1) is 0 Å². The second kappa shape index (κ2) is 15.6. The molecule has 13 rings (SSSR count).